The summed E-state index contributed by atoms with van der Waals surface area (Å²) in [4.78, 5) is 14.0. The Morgan fingerprint density at radius 3 is 2.44 bits per heavy atom. The van der Waals surface area contributed by atoms with Gasteiger partial charge in [0, 0.05) is 24.2 Å². The fourth-order valence-electron chi connectivity index (χ4n) is 2.91. The fourth-order valence-corrected chi connectivity index (χ4v) is 2.91. The number of carbonyl (C=O) groups excluding carboxylic acids is 1. The van der Waals surface area contributed by atoms with E-state index in [-0.39, 0.29) is 5.91 Å². The molecule has 2 saturated heterocycles. The lowest BCUT2D eigenvalue weighted by molar-refractivity contribution is -0.130. The first kappa shape index (κ1) is 11.4. The fraction of sp³-hybridized carbons (Fsp3) is 0.615. The number of nitrogens with two attached hydrogens (primary N) is 1. The van der Waals surface area contributed by atoms with Gasteiger partial charge in [-0.25, -0.2) is 0 Å². The molecule has 0 aromatic heterocycles. The van der Waals surface area contributed by atoms with Gasteiger partial charge >= 0.3 is 0 Å². The normalized spacial score (nSPS) is 34.1. The first-order chi connectivity index (χ1) is 7.72. The Hall–Kier alpha value is -1.09. The minimum atomic E-state index is 0.150. The summed E-state index contributed by atoms with van der Waals surface area (Å²) in [6.45, 7) is 1.94. The van der Waals surface area contributed by atoms with Crippen LogP contribution < -0.4 is 5.73 Å². The van der Waals surface area contributed by atoms with Crippen LogP contribution in [0, 0.1) is 0 Å². The third-order valence-electron chi connectivity index (χ3n) is 3.57. The van der Waals surface area contributed by atoms with Gasteiger partial charge in [-0.3, -0.25) is 4.79 Å². The van der Waals surface area contributed by atoms with Gasteiger partial charge in [0.25, 0.3) is 0 Å². The Kier molecular flexibility index (Phi) is 3.44. The highest BCUT2D eigenvalue weighted by molar-refractivity contribution is 5.88. The van der Waals surface area contributed by atoms with E-state index in [1.165, 1.54) is 0 Å². The van der Waals surface area contributed by atoms with Crippen LogP contribution in [-0.2, 0) is 4.79 Å². The molecule has 0 aliphatic carbocycles. The molecule has 2 rings (SSSR count). The molecule has 88 valence electrons. The van der Waals surface area contributed by atoms with Crippen LogP contribution >= 0.6 is 0 Å². The molecule has 2 fully saturated rings. The number of rotatable bonds is 2. The van der Waals surface area contributed by atoms with Crippen molar-refractivity contribution < 1.29 is 4.79 Å². The summed E-state index contributed by atoms with van der Waals surface area (Å²) in [5.74, 6) is 0.150. The Morgan fingerprint density at radius 2 is 1.88 bits per heavy atom. The molecule has 2 heterocycles. The average Bonchev–Trinajstić information content (AvgIpc) is 2.52. The second kappa shape index (κ2) is 4.83. The molecule has 2 unspecified atom stereocenters. The quantitative estimate of drug-likeness (QED) is 0.567. The zero-order valence-electron chi connectivity index (χ0n) is 9.80. The van der Waals surface area contributed by atoms with E-state index >= 15 is 0 Å². The predicted molar refractivity (Wildman–Crippen MR) is 64.8 cm³/mol. The maximum atomic E-state index is 12.0. The van der Waals surface area contributed by atoms with Gasteiger partial charge in [-0.05, 0) is 32.6 Å². The standard InChI is InChI=1S/C13H20N2O/c1-2-3-4-5-13(16)15-11-6-7-12(15)9-10(14)8-11/h2-5,10-12H,6-9,14H2,1H3. The molecular formula is C13H20N2O. The lowest BCUT2D eigenvalue weighted by Gasteiger charge is -2.37. The molecule has 3 nitrogen and oxygen atoms in total. The maximum absolute atomic E-state index is 12.0. The van der Waals surface area contributed by atoms with Crippen molar-refractivity contribution in [1.29, 1.82) is 0 Å². The van der Waals surface area contributed by atoms with Gasteiger partial charge in [0.2, 0.25) is 5.91 Å². The number of carbonyl (C=O) groups is 1. The maximum Gasteiger partial charge on any atom is 0.247 e. The summed E-state index contributed by atoms with van der Waals surface area (Å²) in [7, 11) is 0. The van der Waals surface area contributed by atoms with Crippen molar-refractivity contribution in [3.63, 3.8) is 0 Å². The van der Waals surface area contributed by atoms with E-state index in [1.54, 1.807) is 6.08 Å². The summed E-state index contributed by atoms with van der Waals surface area (Å²) in [6, 6.07) is 1.06. The van der Waals surface area contributed by atoms with Crippen molar-refractivity contribution in [2.24, 2.45) is 5.73 Å². The van der Waals surface area contributed by atoms with E-state index in [2.05, 4.69) is 0 Å². The average molecular weight is 220 g/mol. The largest absolute Gasteiger partial charge is 0.333 e. The minimum absolute atomic E-state index is 0.150. The van der Waals surface area contributed by atoms with Gasteiger partial charge < -0.3 is 10.6 Å². The van der Waals surface area contributed by atoms with Crippen LogP contribution in [0.4, 0.5) is 0 Å². The molecule has 0 radical (unpaired) electrons. The Labute approximate surface area is 97.0 Å². The summed E-state index contributed by atoms with van der Waals surface area (Å²) in [6.07, 6.45) is 11.5. The number of fused-ring (bicyclic) bond motifs is 2. The highest BCUT2D eigenvalue weighted by atomic mass is 16.2. The van der Waals surface area contributed by atoms with Crippen LogP contribution in [-0.4, -0.2) is 28.9 Å². The van der Waals surface area contributed by atoms with E-state index in [9.17, 15) is 4.79 Å². The van der Waals surface area contributed by atoms with Crippen molar-refractivity contribution >= 4 is 5.91 Å². The first-order valence-electron chi connectivity index (χ1n) is 6.09. The highest BCUT2D eigenvalue weighted by Crippen LogP contribution is 2.35. The molecule has 16 heavy (non-hydrogen) atoms. The van der Waals surface area contributed by atoms with Gasteiger partial charge in [-0.2, -0.15) is 0 Å². The monoisotopic (exact) mass is 220 g/mol. The van der Waals surface area contributed by atoms with Crippen LogP contribution in [0.25, 0.3) is 0 Å². The Morgan fingerprint density at radius 1 is 1.25 bits per heavy atom. The highest BCUT2D eigenvalue weighted by Gasteiger charge is 2.41. The Balaban J connectivity index is 2.02. The number of hydrogen-bond acceptors (Lipinski definition) is 2. The van der Waals surface area contributed by atoms with Crippen molar-refractivity contribution in [2.75, 3.05) is 0 Å². The van der Waals surface area contributed by atoms with Crippen LogP contribution in [0.5, 0.6) is 0 Å². The van der Waals surface area contributed by atoms with Crippen LogP contribution in [0.1, 0.15) is 32.6 Å². The number of amides is 1. The van der Waals surface area contributed by atoms with E-state index < -0.39 is 0 Å². The van der Waals surface area contributed by atoms with E-state index in [0.717, 1.165) is 25.7 Å². The van der Waals surface area contributed by atoms with Gasteiger partial charge in [0.1, 0.15) is 0 Å². The van der Waals surface area contributed by atoms with Gasteiger partial charge in [-0.1, -0.05) is 18.2 Å². The summed E-state index contributed by atoms with van der Waals surface area (Å²) < 4.78 is 0. The SMILES string of the molecule is CC=CC=CC(=O)N1C2CCC1CC(N)C2. The van der Waals surface area contributed by atoms with Crippen LogP contribution in [0.15, 0.2) is 24.3 Å². The molecule has 2 aliphatic heterocycles. The van der Waals surface area contributed by atoms with Gasteiger partial charge in [0.05, 0.1) is 0 Å². The van der Waals surface area contributed by atoms with Crippen LogP contribution in [0.3, 0.4) is 0 Å². The second-order valence-corrected chi connectivity index (χ2v) is 4.75. The summed E-state index contributed by atoms with van der Waals surface area (Å²) >= 11 is 0. The first-order valence-corrected chi connectivity index (χ1v) is 6.09. The molecule has 0 saturated carbocycles. The number of hydrogen-bond donors (Lipinski definition) is 1. The number of piperidine rings is 1. The zero-order valence-corrected chi connectivity index (χ0v) is 9.80. The molecule has 2 N–H and O–H groups in total. The van der Waals surface area contributed by atoms with Crippen molar-refractivity contribution in [3.05, 3.63) is 24.3 Å². The van der Waals surface area contributed by atoms with Crippen molar-refractivity contribution in [2.45, 2.75) is 50.7 Å². The van der Waals surface area contributed by atoms with E-state index in [1.807, 2.05) is 30.1 Å². The van der Waals surface area contributed by atoms with E-state index in [0.29, 0.717) is 18.1 Å². The molecule has 1 amide bonds. The van der Waals surface area contributed by atoms with Gasteiger partial charge in [0.15, 0.2) is 0 Å². The molecule has 3 heteroatoms. The molecule has 0 aromatic rings. The number of allylic oxidation sites excluding steroid dienone is 3. The van der Waals surface area contributed by atoms with Gasteiger partial charge in [-0.15, -0.1) is 0 Å². The van der Waals surface area contributed by atoms with E-state index in [4.69, 9.17) is 5.73 Å². The zero-order chi connectivity index (χ0) is 11.5. The van der Waals surface area contributed by atoms with Crippen LogP contribution in [0.2, 0.25) is 0 Å². The summed E-state index contributed by atoms with van der Waals surface area (Å²) in [5.41, 5.74) is 5.97. The van der Waals surface area contributed by atoms with Crippen molar-refractivity contribution in [1.82, 2.24) is 4.90 Å². The summed E-state index contributed by atoms with van der Waals surface area (Å²) in [5, 5.41) is 0. The molecule has 0 spiro atoms. The number of nitrogens with zero attached hydrogens (tertiary/aromatic N) is 1. The lowest BCUT2D eigenvalue weighted by Crippen LogP contribution is -2.49. The molecule has 2 aliphatic rings. The lowest BCUT2D eigenvalue weighted by atomic mass is 9.98. The topological polar surface area (TPSA) is 46.3 Å². The molecule has 2 atom stereocenters. The third-order valence-corrected chi connectivity index (χ3v) is 3.57. The molecule has 2 bridgehead atoms. The predicted octanol–water partition coefficient (Wildman–Crippen LogP) is 1.60. The minimum Gasteiger partial charge on any atom is -0.333 e. The Bertz CT molecular complexity index is 308. The second-order valence-electron chi connectivity index (χ2n) is 4.75. The third kappa shape index (κ3) is 2.19. The molecular weight excluding hydrogens is 200 g/mol. The smallest absolute Gasteiger partial charge is 0.247 e. The van der Waals surface area contributed by atoms with Crippen molar-refractivity contribution in [3.8, 4) is 0 Å². The molecule has 0 aromatic carbocycles.